The zero-order valence-electron chi connectivity index (χ0n) is 16.7. The molecule has 0 aromatic heterocycles. The highest BCUT2D eigenvalue weighted by Gasteiger charge is 2.29. The van der Waals surface area contributed by atoms with Crippen LogP contribution < -0.4 is 9.47 Å². The second kappa shape index (κ2) is 10.3. The summed E-state index contributed by atoms with van der Waals surface area (Å²) in [5.74, 6) is 1.78. The van der Waals surface area contributed by atoms with E-state index in [2.05, 4.69) is 49.7 Å². The van der Waals surface area contributed by atoms with Crippen LogP contribution in [0.4, 0.5) is 0 Å². The molecule has 2 aromatic carbocycles. The van der Waals surface area contributed by atoms with Crippen molar-refractivity contribution in [1.82, 2.24) is 0 Å². The van der Waals surface area contributed by atoms with Crippen LogP contribution in [0, 0.1) is 0 Å². The van der Waals surface area contributed by atoms with E-state index in [1.165, 1.54) is 0 Å². The molecule has 0 saturated carbocycles. The summed E-state index contributed by atoms with van der Waals surface area (Å²) >= 11 is 0. The van der Waals surface area contributed by atoms with Crippen LogP contribution in [0.25, 0.3) is 0 Å². The van der Waals surface area contributed by atoms with Gasteiger partial charge in [0.25, 0.3) is 0 Å². The first-order valence-corrected chi connectivity index (χ1v) is 15.2. The van der Waals surface area contributed by atoms with Crippen molar-refractivity contribution in [3.8, 4) is 11.5 Å². The zero-order valence-corrected chi connectivity index (χ0v) is 18.7. The summed E-state index contributed by atoms with van der Waals surface area (Å²) in [6, 6.07) is 19.7. The summed E-state index contributed by atoms with van der Waals surface area (Å²) in [5, 5.41) is 0. The van der Waals surface area contributed by atoms with E-state index in [4.69, 9.17) is 13.6 Å². The molecule has 0 radical (unpaired) electrons. The molecule has 3 nitrogen and oxygen atoms in total. The topological polar surface area (TPSA) is 27.7 Å². The molecule has 0 atom stereocenters. The Labute approximate surface area is 165 Å². The molecule has 0 fully saturated rings. The van der Waals surface area contributed by atoms with Crippen LogP contribution in [0.5, 0.6) is 11.5 Å². The van der Waals surface area contributed by atoms with Crippen molar-refractivity contribution in [2.45, 2.75) is 26.2 Å². The Kier molecular flexibility index (Phi) is 8.09. The van der Waals surface area contributed by atoms with Gasteiger partial charge in [0.2, 0.25) is 0 Å². The first-order chi connectivity index (χ1) is 12.9. The van der Waals surface area contributed by atoms with Gasteiger partial charge >= 0.3 is 0 Å². The molecule has 0 aliphatic heterocycles. The molecule has 0 amide bonds. The van der Waals surface area contributed by atoms with Gasteiger partial charge in [-0.15, -0.1) is 0 Å². The molecule has 5 heteroatoms. The van der Waals surface area contributed by atoms with Crippen LogP contribution in [-0.4, -0.2) is 29.8 Å². The van der Waals surface area contributed by atoms with E-state index in [-0.39, 0.29) is 0 Å². The van der Waals surface area contributed by atoms with Crippen molar-refractivity contribution in [2.24, 2.45) is 0 Å². The maximum absolute atomic E-state index is 6.52. The highest BCUT2D eigenvalue weighted by atomic mass is 28.4. The van der Waals surface area contributed by atoms with Crippen LogP contribution in [0.15, 0.2) is 84.2 Å². The van der Waals surface area contributed by atoms with Crippen LogP contribution in [0.3, 0.4) is 0 Å². The maximum Gasteiger partial charge on any atom is 0.198 e. The lowest BCUT2D eigenvalue weighted by Gasteiger charge is -2.29. The van der Waals surface area contributed by atoms with Crippen molar-refractivity contribution in [2.75, 3.05) is 13.2 Å². The first-order valence-electron chi connectivity index (χ1n) is 9.28. The fourth-order valence-electron chi connectivity index (χ4n) is 2.73. The Balaban J connectivity index is 1.77. The molecule has 2 rings (SSSR count). The summed E-state index contributed by atoms with van der Waals surface area (Å²) in [7, 11) is -3.78. The summed E-state index contributed by atoms with van der Waals surface area (Å²) in [4.78, 5) is 0. The normalized spacial score (nSPS) is 12.6. The summed E-state index contributed by atoms with van der Waals surface area (Å²) in [6.07, 6.45) is 4.15. The van der Waals surface area contributed by atoms with Gasteiger partial charge in [-0.1, -0.05) is 59.9 Å². The van der Waals surface area contributed by atoms with Crippen molar-refractivity contribution < 1.29 is 13.6 Å². The van der Waals surface area contributed by atoms with Gasteiger partial charge in [0.1, 0.15) is 24.7 Å². The minimum absolute atomic E-state index is 0.562. The molecule has 0 spiro atoms. The second-order valence-corrected chi connectivity index (χ2v) is 15.3. The van der Waals surface area contributed by atoms with Crippen molar-refractivity contribution in [3.05, 3.63) is 84.2 Å². The Morgan fingerprint density at radius 1 is 0.630 bits per heavy atom. The molecule has 0 N–H and O–H groups in total. The van der Waals surface area contributed by atoms with Crippen molar-refractivity contribution in [1.29, 1.82) is 0 Å². The van der Waals surface area contributed by atoms with Crippen molar-refractivity contribution in [3.63, 3.8) is 0 Å². The minimum atomic E-state index is -1.89. The van der Waals surface area contributed by atoms with Gasteiger partial charge in [-0.05, 0) is 50.5 Å². The monoisotopic (exact) mass is 398 g/mol. The first kappa shape index (κ1) is 21.2. The molecule has 0 saturated heterocycles. The second-order valence-electron chi connectivity index (χ2n) is 7.36. The van der Waals surface area contributed by atoms with Crippen LogP contribution in [-0.2, 0) is 4.12 Å². The van der Waals surface area contributed by atoms with Gasteiger partial charge in [0.15, 0.2) is 16.6 Å². The smallest absolute Gasteiger partial charge is 0.198 e. The Morgan fingerprint density at radius 3 is 1.37 bits per heavy atom. The molecule has 144 valence electrons. The van der Waals surface area contributed by atoms with E-state index in [1.54, 1.807) is 0 Å². The highest BCUT2D eigenvalue weighted by molar-refractivity contribution is 6.89. The molecule has 27 heavy (non-hydrogen) atoms. The van der Waals surface area contributed by atoms with Gasteiger partial charge < -0.3 is 13.6 Å². The van der Waals surface area contributed by atoms with Gasteiger partial charge in [-0.25, -0.2) is 0 Å². The lowest BCUT2D eigenvalue weighted by molar-refractivity contribution is 0.362. The standard InChI is InChI=1S/C22H30O3Si2/c1-26(2,19-11-17-23-21-13-7-5-8-14-21)25-27(3,4)20-12-18-24-22-15-9-6-10-16-22/h5-16,19-20H,17-18H2,1-4H3/b19-11+,20-12+. The van der Waals surface area contributed by atoms with Crippen LogP contribution in [0.1, 0.15) is 0 Å². The van der Waals surface area contributed by atoms with Crippen LogP contribution >= 0.6 is 0 Å². The molecule has 0 aliphatic carbocycles. The van der Waals surface area contributed by atoms with E-state index in [1.807, 2.05) is 60.7 Å². The predicted octanol–water partition coefficient (Wildman–Crippen LogP) is 5.76. The third kappa shape index (κ3) is 8.90. The highest BCUT2D eigenvalue weighted by Crippen LogP contribution is 2.17. The Morgan fingerprint density at radius 2 is 1.00 bits per heavy atom. The number of hydrogen-bond acceptors (Lipinski definition) is 3. The van der Waals surface area contributed by atoms with E-state index in [0.717, 1.165) is 11.5 Å². The molecular formula is C22H30O3Si2. The number of para-hydroxylation sites is 2. The Bertz CT molecular complexity index is 662. The molecule has 0 aliphatic rings. The van der Waals surface area contributed by atoms with Crippen molar-refractivity contribution >= 4 is 16.6 Å². The number of rotatable bonds is 10. The van der Waals surface area contributed by atoms with Gasteiger partial charge in [0, 0.05) is 0 Å². The van der Waals surface area contributed by atoms with E-state index >= 15 is 0 Å². The van der Waals surface area contributed by atoms with Gasteiger partial charge in [0.05, 0.1) is 0 Å². The lowest BCUT2D eigenvalue weighted by atomic mass is 10.3. The molecular weight excluding hydrogens is 368 g/mol. The van der Waals surface area contributed by atoms with E-state index in [0.29, 0.717) is 13.2 Å². The SMILES string of the molecule is C[Si](C)(/C=C/COc1ccccc1)O[Si](C)(C)/C=C/COc1ccccc1. The van der Waals surface area contributed by atoms with E-state index < -0.39 is 16.6 Å². The van der Waals surface area contributed by atoms with Gasteiger partial charge in [-0.3, -0.25) is 0 Å². The fourth-order valence-corrected chi connectivity index (χ4v) is 10.0. The molecule has 2 aromatic rings. The number of ether oxygens (including phenoxy) is 2. The quantitative estimate of drug-likeness (QED) is 0.476. The predicted molar refractivity (Wildman–Crippen MR) is 118 cm³/mol. The average Bonchev–Trinajstić information content (AvgIpc) is 2.63. The summed E-state index contributed by atoms with van der Waals surface area (Å²) in [6.45, 7) is 9.99. The summed E-state index contributed by atoms with van der Waals surface area (Å²) in [5.41, 5.74) is 4.41. The number of benzene rings is 2. The molecule has 0 bridgehead atoms. The zero-order chi connectivity index (χ0) is 19.6. The maximum atomic E-state index is 6.52. The third-order valence-electron chi connectivity index (χ3n) is 3.74. The van der Waals surface area contributed by atoms with Crippen LogP contribution in [0.2, 0.25) is 26.2 Å². The number of hydrogen-bond donors (Lipinski definition) is 0. The largest absolute Gasteiger partial charge is 0.490 e. The molecule has 0 unspecified atom stereocenters. The fraction of sp³-hybridized carbons (Fsp3) is 0.273. The third-order valence-corrected chi connectivity index (χ3v) is 10.0. The molecule has 0 heterocycles. The minimum Gasteiger partial charge on any atom is -0.490 e. The van der Waals surface area contributed by atoms with E-state index in [9.17, 15) is 0 Å². The lowest BCUT2D eigenvalue weighted by Crippen LogP contribution is -2.42. The summed E-state index contributed by atoms with van der Waals surface area (Å²) < 4.78 is 18.0. The average molecular weight is 399 g/mol. The Hall–Kier alpha value is -2.09. The van der Waals surface area contributed by atoms with Gasteiger partial charge in [-0.2, -0.15) is 0 Å².